The number of amides is 2. The summed E-state index contributed by atoms with van der Waals surface area (Å²) in [6.45, 7) is 7.27. The number of carbonyl (C=O) groups is 2. The number of imide groups is 1. The van der Waals surface area contributed by atoms with Crippen LogP contribution >= 0.6 is 35.0 Å². The Hall–Kier alpha value is -2.93. The highest BCUT2D eigenvalue weighted by Crippen LogP contribution is 2.36. The summed E-state index contributed by atoms with van der Waals surface area (Å²) in [7, 11) is 0. The van der Waals surface area contributed by atoms with Crippen molar-refractivity contribution in [2.45, 2.75) is 32.7 Å². The van der Waals surface area contributed by atoms with E-state index in [4.69, 9.17) is 32.7 Å². The van der Waals surface area contributed by atoms with Crippen molar-refractivity contribution in [1.82, 2.24) is 4.90 Å². The van der Waals surface area contributed by atoms with Crippen molar-refractivity contribution in [1.29, 1.82) is 0 Å². The van der Waals surface area contributed by atoms with Crippen LogP contribution in [0.15, 0.2) is 71.6 Å². The van der Waals surface area contributed by atoms with Crippen LogP contribution in [-0.2, 0) is 16.8 Å². The zero-order chi connectivity index (χ0) is 26.6. The molecule has 0 saturated carbocycles. The van der Waals surface area contributed by atoms with Gasteiger partial charge in [0.1, 0.15) is 24.7 Å². The van der Waals surface area contributed by atoms with Crippen molar-refractivity contribution in [3.05, 3.63) is 98.4 Å². The van der Waals surface area contributed by atoms with E-state index in [0.29, 0.717) is 45.0 Å². The normalized spacial score (nSPS) is 14.9. The summed E-state index contributed by atoms with van der Waals surface area (Å²) in [5, 5.41) is 0.538. The summed E-state index contributed by atoms with van der Waals surface area (Å²) >= 11 is 13.1. The van der Waals surface area contributed by atoms with Crippen molar-refractivity contribution in [3.8, 4) is 11.5 Å². The van der Waals surface area contributed by atoms with E-state index >= 15 is 0 Å². The summed E-state index contributed by atoms with van der Waals surface area (Å²) in [5.74, 6) is 0.999. The van der Waals surface area contributed by atoms with Crippen molar-refractivity contribution in [3.63, 3.8) is 0 Å². The van der Waals surface area contributed by atoms with Gasteiger partial charge in [0, 0.05) is 15.6 Å². The third kappa shape index (κ3) is 6.89. The second kappa shape index (κ2) is 11.6. The van der Waals surface area contributed by atoms with Crippen LogP contribution in [0, 0.1) is 0 Å². The molecule has 192 valence electrons. The summed E-state index contributed by atoms with van der Waals surface area (Å²) < 4.78 is 11.8. The first-order valence-corrected chi connectivity index (χ1v) is 13.3. The van der Waals surface area contributed by atoms with Gasteiger partial charge in [-0.3, -0.25) is 14.5 Å². The maximum Gasteiger partial charge on any atom is 0.293 e. The van der Waals surface area contributed by atoms with Crippen LogP contribution < -0.4 is 9.47 Å². The molecule has 3 aromatic carbocycles. The molecule has 0 N–H and O–H groups in total. The number of hydrogen-bond acceptors (Lipinski definition) is 5. The quantitative estimate of drug-likeness (QED) is 0.208. The standard InChI is InChI=1S/C29H27Cl2NO4S/c1-29(2,3)21-9-12-23(13-10-21)35-14-15-36-25-7-5-4-6-19(25)16-26-27(33)32(28(34)37-26)18-20-8-11-22(30)17-24(20)31/h4-13,16-17H,14-15,18H2,1-3H3/b26-16-. The Kier molecular flexibility index (Phi) is 8.53. The average molecular weight is 557 g/mol. The number of ether oxygens (including phenoxy) is 2. The summed E-state index contributed by atoms with van der Waals surface area (Å²) in [4.78, 5) is 27.1. The molecule has 8 heteroatoms. The molecule has 3 aromatic rings. The Bertz CT molecular complexity index is 1330. The molecule has 4 rings (SSSR count). The van der Waals surface area contributed by atoms with Crippen molar-refractivity contribution < 1.29 is 19.1 Å². The molecule has 1 aliphatic rings. The highest BCUT2D eigenvalue weighted by Gasteiger charge is 2.35. The number of carbonyl (C=O) groups excluding carboxylic acids is 2. The molecule has 1 aliphatic heterocycles. The van der Waals surface area contributed by atoms with Crippen LogP contribution in [0.3, 0.4) is 0 Å². The van der Waals surface area contributed by atoms with Crippen molar-refractivity contribution in [2.24, 2.45) is 0 Å². The molecule has 1 saturated heterocycles. The molecule has 0 aliphatic carbocycles. The predicted octanol–water partition coefficient (Wildman–Crippen LogP) is 7.99. The molecule has 5 nitrogen and oxygen atoms in total. The molecule has 0 spiro atoms. The Morgan fingerprint density at radius 1 is 0.919 bits per heavy atom. The van der Waals surface area contributed by atoms with Crippen LogP contribution in [0.25, 0.3) is 6.08 Å². The van der Waals surface area contributed by atoms with Gasteiger partial charge in [-0.25, -0.2) is 0 Å². The Labute approximate surface area is 231 Å². The van der Waals surface area contributed by atoms with Gasteiger partial charge in [-0.15, -0.1) is 0 Å². The molecule has 1 heterocycles. The number of thioether (sulfide) groups is 1. The van der Waals surface area contributed by atoms with E-state index in [9.17, 15) is 9.59 Å². The SMILES string of the molecule is CC(C)(C)c1ccc(OCCOc2ccccc2/C=C2\SC(=O)N(Cc3ccc(Cl)cc3Cl)C2=O)cc1. The van der Waals surface area contributed by atoms with E-state index in [1.54, 1.807) is 24.3 Å². The van der Waals surface area contributed by atoms with E-state index in [0.717, 1.165) is 17.5 Å². The van der Waals surface area contributed by atoms with Gasteiger partial charge in [-0.05, 0) is 64.7 Å². The van der Waals surface area contributed by atoms with Crippen LogP contribution in [0.2, 0.25) is 10.0 Å². The minimum Gasteiger partial charge on any atom is -0.490 e. The van der Waals surface area contributed by atoms with E-state index in [-0.39, 0.29) is 23.1 Å². The Morgan fingerprint density at radius 2 is 1.62 bits per heavy atom. The fourth-order valence-corrected chi connectivity index (χ4v) is 4.99. The smallest absolute Gasteiger partial charge is 0.293 e. The first kappa shape index (κ1) is 27.1. The number of halogens is 2. The minimum atomic E-state index is -0.377. The average Bonchev–Trinajstić information content (AvgIpc) is 3.11. The number of hydrogen-bond donors (Lipinski definition) is 0. The number of para-hydroxylation sites is 1. The molecule has 37 heavy (non-hydrogen) atoms. The zero-order valence-corrected chi connectivity index (χ0v) is 23.1. The molecule has 0 radical (unpaired) electrons. The van der Waals surface area contributed by atoms with Crippen molar-refractivity contribution >= 4 is 52.2 Å². The fourth-order valence-electron chi connectivity index (χ4n) is 3.69. The van der Waals surface area contributed by atoms with Gasteiger partial charge in [-0.2, -0.15) is 0 Å². The lowest BCUT2D eigenvalue weighted by molar-refractivity contribution is -0.123. The molecular weight excluding hydrogens is 529 g/mol. The lowest BCUT2D eigenvalue weighted by Gasteiger charge is -2.19. The summed E-state index contributed by atoms with van der Waals surface area (Å²) in [6.07, 6.45) is 1.68. The van der Waals surface area contributed by atoms with E-state index in [1.807, 2.05) is 36.4 Å². The van der Waals surface area contributed by atoms with Crippen LogP contribution in [0.1, 0.15) is 37.5 Å². The predicted molar refractivity (Wildman–Crippen MR) is 151 cm³/mol. The van der Waals surface area contributed by atoms with E-state index < -0.39 is 0 Å². The maximum atomic E-state index is 13.0. The second-order valence-corrected chi connectivity index (χ2v) is 11.3. The molecule has 0 bridgehead atoms. The Morgan fingerprint density at radius 3 is 2.32 bits per heavy atom. The number of nitrogens with zero attached hydrogens (tertiary/aromatic N) is 1. The van der Waals surface area contributed by atoms with Gasteiger partial charge in [0.15, 0.2) is 0 Å². The first-order valence-electron chi connectivity index (χ1n) is 11.8. The van der Waals surface area contributed by atoms with Gasteiger partial charge in [0.2, 0.25) is 0 Å². The number of benzene rings is 3. The molecule has 2 amide bonds. The first-order chi connectivity index (χ1) is 17.6. The van der Waals surface area contributed by atoms with Crippen LogP contribution in [0.5, 0.6) is 11.5 Å². The maximum absolute atomic E-state index is 13.0. The molecular formula is C29H27Cl2NO4S. The molecule has 0 aromatic heterocycles. The van der Waals surface area contributed by atoms with Crippen molar-refractivity contribution in [2.75, 3.05) is 13.2 Å². The highest BCUT2D eigenvalue weighted by atomic mass is 35.5. The minimum absolute atomic E-state index is 0.0736. The zero-order valence-electron chi connectivity index (χ0n) is 20.8. The number of rotatable bonds is 8. The monoisotopic (exact) mass is 555 g/mol. The largest absolute Gasteiger partial charge is 0.490 e. The van der Waals surface area contributed by atoms with E-state index in [1.165, 1.54) is 10.5 Å². The molecule has 1 fully saturated rings. The lowest BCUT2D eigenvalue weighted by Crippen LogP contribution is -2.27. The van der Waals surface area contributed by atoms with Gasteiger partial charge in [-0.1, -0.05) is 80.4 Å². The Balaban J connectivity index is 1.38. The summed E-state index contributed by atoms with van der Waals surface area (Å²) in [5.41, 5.74) is 2.67. The van der Waals surface area contributed by atoms with Gasteiger partial charge >= 0.3 is 0 Å². The molecule has 0 atom stereocenters. The van der Waals surface area contributed by atoms with Gasteiger partial charge < -0.3 is 9.47 Å². The second-order valence-electron chi connectivity index (χ2n) is 9.51. The van der Waals surface area contributed by atoms with Crippen LogP contribution in [0.4, 0.5) is 4.79 Å². The van der Waals surface area contributed by atoms with Crippen LogP contribution in [-0.4, -0.2) is 29.3 Å². The third-order valence-corrected chi connectivity index (χ3v) is 7.25. The fraction of sp³-hybridized carbons (Fsp3) is 0.241. The van der Waals surface area contributed by atoms with E-state index in [2.05, 4.69) is 32.9 Å². The summed E-state index contributed by atoms with van der Waals surface area (Å²) in [6, 6.07) is 20.4. The third-order valence-electron chi connectivity index (χ3n) is 5.75. The van der Waals surface area contributed by atoms with Gasteiger partial charge in [0.05, 0.1) is 11.4 Å². The topological polar surface area (TPSA) is 55.8 Å². The highest BCUT2D eigenvalue weighted by molar-refractivity contribution is 8.18. The van der Waals surface area contributed by atoms with Gasteiger partial charge in [0.25, 0.3) is 11.1 Å². The lowest BCUT2D eigenvalue weighted by atomic mass is 9.87. The molecule has 0 unspecified atom stereocenters.